The quantitative estimate of drug-likeness (QED) is 0.451. The van der Waals surface area contributed by atoms with Gasteiger partial charge in [-0.3, -0.25) is 9.59 Å². The number of ether oxygens (including phenoxy) is 1. The van der Waals surface area contributed by atoms with Gasteiger partial charge < -0.3 is 10.1 Å². The van der Waals surface area contributed by atoms with Crippen molar-refractivity contribution < 1.29 is 62.3 Å². The molecule has 0 unspecified atom stereocenters. The zero-order chi connectivity index (χ0) is 24.3. The van der Waals surface area contributed by atoms with Crippen molar-refractivity contribution in [2.75, 3.05) is 19.7 Å². The van der Waals surface area contributed by atoms with E-state index < -0.39 is 76.1 Å². The molecule has 1 aromatic rings. The Morgan fingerprint density at radius 1 is 0.871 bits per heavy atom. The lowest BCUT2D eigenvalue weighted by atomic mass is 10.1. The lowest BCUT2D eigenvalue weighted by molar-refractivity contribution is -0.150. The first kappa shape index (κ1) is 26.5. The van der Waals surface area contributed by atoms with E-state index in [1.165, 1.54) is 10.0 Å². The standard InChI is InChI=1S/C14H11F9N2O5S/c15-12(16,17)6-24-10(26)5-30-11(27)4-25-31(28,29)9-2-7(13(18,19)20)1-8(3-9)14(21,22)23/h1-3,25H,4-6H2,(H,24,26). The smallest absolute Gasteiger partial charge is 0.416 e. The number of rotatable bonds is 7. The van der Waals surface area contributed by atoms with Gasteiger partial charge in [0, 0.05) is 0 Å². The Bertz CT molecular complexity index is 891. The molecule has 0 saturated carbocycles. The van der Waals surface area contributed by atoms with Crippen molar-refractivity contribution in [3.63, 3.8) is 0 Å². The number of alkyl halides is 9. The maximum absolute atomic E-state index is 12.8. The van der Waals surface area contributed by atoms with E-state index in [1.54, 1.807) is 0 Å². The summed E-state index contributed by atoms with van der Waals surface area (Å²) in [7, 11) is -5.09. The summed E-state index contributed by atoms with van der Waals surface area (Å²) in [6.45, 7) is -4.34. The lowest BCUT2D eigenvalue weighted by Crippen LogP contribution is -2.37. The minimum absolute atomic E-state index is 0.104. The molecule has 31 heavy (non-hydrogen) atoms. The zero-order valence-corrected chi connectivity index (χ0v) is 15.5. The molecule has 0 saturated heterocycles. The molecule has 7 nitrogen and oxygen atoms in total. The van der Waals surface area contributed by atoms with Crippen molar-refractivity contribution in [1.82, 2.24) is 10.0 Å². The summed E-state index contributed by atoms with van der Waals surface area (Å²) in [5.74, 6) is -2.95. The highest BCUT2D eigenvalue weighted by Crippen LogP contribution is 2.37. The van der Waals surface area contributed by atoms with Crippen LogP contribution in [-0.4, -0.2) is 46.2 Å². The van der Waals surface area contributed by atoms with E-state index in [1.807, 2.05) is 0 Å². The Balaban J connectivity index is 2.86. The van der Waals surface area contributed by atoms with E-state index >= 15 is 0 Å². The van der Waals surface area contributed by atoms with Crippen molar-refractivity contribution in [1.29, 1.82) is 0 Å². The largest absolute Gasteiger partial charge is 0.455 e. The minimum Gasteiger partial charge on any atom is -0.455 e. The second-order valence-electron chi connectivity index (χ2n) is 5.62. The first-order valence-electron chi connectivity index (χ1n) is 7.59. The van der Waals surface area contributed by atoms with E-state index in [-0.39, 0.29) is 18.2 Å². The number of hydrogen-bond donors (Lipinski definition) is 2. The molecule has 0 radical (unpaired) electrons. The number of amides is 1. The van der Waals surface area contributed by atoms with Gasteiger partial charge in [0.25, 0.3) is 5.91 Å². The molecule has 1 rings (SSSR count). The summed E-state index contributed by atoms with van der Waals surface area (Å²) in [6, 6.07) is -0.520. The Morgan fingerprint density at radius 2 is 1.35 bits per heavy atom. The SMILES string of the molecule is O=C(COC(=O)CNS(=O)(=O)c1cc(C(F)(F)F)cc(C(F)(F)F)c1)NCC(F)(F)F. The van der Waals surface area contributed by atoms with Crippen LogP contribution in [0.2, 0.25) is 0 Å². The van der Waals surface area contributed by atoms with E-state index in [2.05, 4.69) is 4.74 Å². The van der Waals surface area contributed by atoms with Gasteiger partial charge >= 0.3 is 24.5 Å². The molecule has 0 aromatic heterocycles. The summed E-state index contributed by atoms with van der Waals surface area (Å²) in [4.78, 5) is 20.9. The van der Waals surface area contributed by atoms with Gasteiger partial charge in [-0.2, -0.15) is 44.2 Å². The summed E-state index contributed by atoms with van der Waals surface area (Å²) in [5.41, 5.74) is -3.85. The molecular weight excluding hydrogens is 479 g/mol. The molecule has 0 aliphatic heterocycles. The van der Waals surface area contributed by atoms with Crippen LogP contribution in [-0.2, 0) is 36.7 Å². The number of nitrogens with one attached hydrogen (secondary N) is 2. The molecular formula is C14H11F9N2O5S. The van der Waals surface area contributed by atoms with Crippen molar-refractivity contribution in [3.05, 3.63) is 29.3 Å². The molecule has 0 aliphatic rings. The molecule has 1 aromatic carbocycles. The second kappa shape index (κ2) is 9.29. The Labute approximate surface area is 167 Å². The average molecular weight is 490 g/mol. The van der Waals surface area contributed by atoms with Crippen LogP contribution >= 0.6 is 0 Å². The van der Waals surface area contributed by atoms with Crippen LogP contribution in [0.15, 0.2) is 23.1 Å². The highest BCUT2D eigenvalue weighted by atomic mass is 32.2. The molecule has 17 heteroatoms. The van der Waals surface area contributed by atoms with Crippen LogP contribution in [0.25, 0.3) is 0 Å². The van der Waals surface area contributed by atoms with Crippen molar-refractivity contribution in [2.45, 2.75) is 23.4 Å². The fourth-order valence-corrected chi connectivity index (χ4v) is 2.80. The molecule has 1 amide bonds. The number of carbonyl (C=O) groups is 2. The second-order valence-corrected chi connectivity index (χ2v) is 7.39. The molecule has 0 heterocycles. The van der Waals surface area contributed by atoms with Crippen molar-refractivity contribution >= 4 is 21.9 Å². The van der Waals surface area contributed by atoms with E-state index in [9.17, 15) is 57.5 Å². The Kier molecular flexibility index (Phi) is 7.93. The number of carbonyl (C=O) groups excluding carboxylic acids is 2. The third-order valence-electron chi connectivity index (χ3n) is 3.13. The lowest BCUT2D eigenvalue weighted by Gasteiger charge is -2.14. The van der Waals surface area contributed by atoms with E-state index in [0.717, 1.165) is 0 Å². The van der Waals surface area contributed by atoms with Gasteiger partial charge in [-0.05, 0) is 18.2 Å². The van der Waals surface area contributed by atoms with Gasteiger partial charge in [-0.25, -0.2) is 8.42 Å². The zero-order valence-electron chi connectivity index (χ0n) is 14.7. The van der Waals surface area contributed by atoms with Gasteiger partial charge in [0.05, 0.1) is 16.0 Å². The molecule has 0 bridgehead atoms. The van der Waals surface area contributed by atoms with Gasteiger partial charge in [-0.15, -0.1) is 0 Å². The first-order chi connectivity index (χ1) is 13.8. The summed E-state index contributed by atoms with van der Waals surface area (Å²) in [6.07, 6.45) is -15.4. The molecule has 0 spiro atoms. The topological polar surface area (TPSA) is 102 Å². The third-order valence-corrected chi connectivity index (χ3v) is 4.51. The predicted octanol–water partition coefficient (Wildman–Crippen LogP) is 2.22. The van der Waals surface area contributed by atoms with Gasteiger partial charge in [0.2, 0.25) is 10.0 Å². The van der Waals surface area contributed by atoms with Crippen LogP contribution in [0.3, 0.4) is 0 Å². The first-order valence-corrected chi connectivity index (χ1v) is 9.08. The van der Waals surface area contributed by atoms with Crippen LogP contribution in [0.5, 0.6) is 0 Å². The van der Waals surface area contributed by atoms with Gasteiger partial charge in [0.1, 0.15) is 13.1 Å². The fourth-order valence-electron chi connectivity index (χ4n) is 1.77. The number of esters is 1. The van der Waals surface area contributed by atoms with Crippen LogP contribution in [0, 0.1) is 0 Å². The van der Waals surface area contributed by atoms with Crippen LogP contribution in [0.1, 0.15) is 11.1 Å². The Morgan fingerprint density at radius 3 is 1.77 bits per heavy atom. The maximum Gasteiger partial charge on any atom is 0.416 e. The van der Waals surface area contributed by atoms with E-state index in [4.69, 9.17) is 0 Å². The predicted molar refractivity (Wildman–Crippen MR) is 81.7 cm³/mol. The number of sulfonamides is 1. The highest BCUT2D eigenvalue weighted by Gasteiger charge is 2.38. The minimum atomic E-state index is -5.33. The van der Waals surface area contributed by atoms with Crippen molar-refractivity contribution in [3.8, 4) is 0 Å². The van der Waals surface area contributed by atoms with Crippen LogP contribution < -0.4 is 10.0 Å². The fraction of sp³-hybridized carbons (Fsp3) is 0.429. The maximum atomic E-state index is 12.8. The number of halogens is 9. The van der Waals surface area contributed by atoms with Crippen LogP contribution in [0.4, 0.5) is 39.5 Å². The number of benzene rings is 1. The summed E-state index contributed by atoms with van der Waals surface area (Å²) < 4.78 is 142. The summed E-state index contributed by atoms with van der Waals surface area (Å²) >= 11 is 0. The normalized spacial score (nSPS) is 13.1. The van der Waals surface area contributed by atoms with Gasteiger partial charge in [-0.1, -0.05) is 0 Å². The third kappa shape index (κ3) is 8.99. The number of hydrogen-bond acceptors (Lipinski definition) is 5. The average Bonchev–Trinajstić information content (AvgIpc) is 2.60. The summed E-state index contributed by atoms with van der Waals surface area (Å²) in [5, 5.41) is 1.32. The van der Waals surface area contributed by atoms with Crippen molar-refractivity contribution in [2.24, 2.45) is 0 Å². The molecule has 0 fully saturated rings. The van der Waals surface area contributed by atoms with Gasteiger partial charge in [0.15, 0.2) is 6.61 Å². The monoisotopic (exact) mass is 490 g/mol. The molecule has 2 N–H and O–H groups in total. The highest BCUT2D eigenvalue weighted by molar-refractivity contribution is 7.89. The molecule has 176 valence electrons. The van der Waals surface area contributed by atoms with E-state index in [0.29, 0.717) is 0 Å². The molecule has 0 atom stereocenters. The Hall–Kier alpha value is -2.56. The molecule has 0 aliphatic carbocycles.